The Labute approximate surface area is 68.5 Å². The van der Waals surface area contributed by atoms with E-state index in [-0.39, 0.29) is 0 Å². The lowest BCUT2D eigenvalue weighted by atomic mass is 10.1. The summed E-state index contributed by atoms with van der Waals surface area (Å²) in [6, 6.07) is 0. The zero-order valence-electron chi connectivity index (χ0n) is 7.63. The van der Waals surface area contributed by atoms with Gasteiger partial charge in [-0.3, -0.25) is 0 Å². The highest BCUT2D eigenvalue weighted by Gasteiger charge is 2.21. The van der Waals surface area contributed by atoms with Gasteiger partial charge in [0.2, 0.25) is 0 Å². The van der Waals surface area contributed by atoms with E-state index >= 15 is 0 Å². The first kappa shape index (κ1) is 10.9. The molecule has 3 heteroatoms. The lowest BCUT2D eigenvalue weighted by Gasteiger charge is -2.25. The van der Waals surface area contributed by atoms with Crippen LogP contribution in [0.15, 0.2) is 0 Å². The third kappa shape index (κ3) is 6.28. The fourth-order valence-electron chi connectivity index (χ4n) is 0.964. The van der Waals surface area contributed by atoms with Crippen molar-refractivity contribution in [1.29, 1.82) is 0 Å². The minimum Gasteiger partial charge on any atom is -0.366 e. The van der Waals surface area contributed by atoms with E-state index < -0.39 is 12.0 Å². The molecule has 0 aromatic carbocycles. The van der Waals surface area contributed by atoms with Gasteiger partial charge in [-0.15, -0.1) is 0 Å². The second-order valence-electron chi connectivity index (χ2n) is 3.10. The van der Waals surface area contributed by atoms with Crippen molar-refractivity contribution in [2.75, 3.05) is 0 Å². The Balaban J connectivity index is 3.61. The molecule has 0 aliphatic carbocycles. The number of rotatable bonds is 5. The fourth-order valence-corrected chi connectivity index (χ4v) is 0.964. The average molecular weight is 161 g/mol. The summed E-state index contributed by atoms with van der Waals surface area (Å²) in [6.07, 6.45) is 2.25. The smallest absolute Gasteiger partial charge is 0.164 e. The summed E-state index contributed by atoms with van der Waals surface area (Å²) in [6.45, 7) is 5.42. The maximum absolute atomic E-state index is 9.51. The molecule has 0 rings (SSSR count). The van der Waals surface area contributed by atoms with Crippen LogP contribution in [0, 0.1) is 0 Å². The number of hydrogen-bond acceptors (Lipinski definition) is 3. The molecule has 2 atom stereocenters. The van der Waals surface area contributed by atoms with E-state index in [0.29, 0.717) is 6.42 Å². The largest absolute Gasteiger partial charge is 0.366 e. The van der Waals surface area contributed by atoms with Crippen LogP contribution >= 0.6 is 0 Å². The number of hydrogen-bond donors (Lipinski definition) is 2. The van der Waals surface area contributed by atoms with Gasteiger partial charge in [0.15, 0.2) is 5.79 Å². The predicted molar refractivity (Wildman–Crippen MR) is 44.9 cm³/mol. The van der Waals surface area contributed by atoms with E-state index in [4.69, 9.17) is 10.5 Å². The molecule has 3 nitrogen and oxygen atoms in total. The third-order valence-electron chi connectivity index (χ3n) is 1.43. The quantitative estimate of drug-likeness (QED) is 0.596. The molecule has 11 heavy (non-hydrogen) atoms. The Morgan fingerprint density at radius 1 is 1.64 bits per heavy atom. The third-order valence-corrected chi connectivity index (χ3v) is 1.43. The topological polar surface area (TPSA) is 55.5 Å². The molecular weight excluding hydrogens is 142 g/mol. The monoisotopic (exact) mass is 161 g/mol. The first-order chi connectivity index (χ1) is 4.98. The van der Waals surface area contributed by atoms with Crippen molar-refractivity contribution in [3.05, 3.63) is 0 Å². The van der Waals surface area contributed by atoms with Gasteiger partial charge in [0.1, 0.15) is 6.23 Å². The van der Waals surface area contributed by atoms with E-state index in [2.05, 4.69) is 6.92 Å². The van der Waals surface area contributed by atoms with Gasteiger partial charge in [0, 0.05) is 6.42 Å². The van der Waals surface area contributed by atoms with E-state index in [1.807, 2.05) is 0 Å². The van der Waals surface area contributed by atoms with Crippen molar-refractivity contribution in [3.8, 4) is 0 Å². The SMILES string of the molecule is CCCCC(C)(O)OC(C)N. The number of ether oxygens (including phenoxy) is 1. The van der Waals surface area contributed by atoms with Crippen LogP contribution in [-0.2, 0) is 4.74 Å². The van der Waals surface area contributed by atoms with Gasteiger partial charge in [0.25, 0.3) is 0 Å². The second kappa shape index (κ2) is 4.70. The maximum Gasteiger partial charge on any atom is 0.164 e. The van der Waals surface area contributed by atoms with E-state index in [0.717, 1.165) is 12.8 Å². The number of nitrogens with two attached hydrogens (primary N) is 1. The Bertz CT molecular complexity index is 102. The zero-order valence-corrected chi connectivity index (χ0v) is 7.63. The summed E-state index contributed by atoms with van der Waals surface area (Å²) in [5, 5.41) is 9.51. The molecule has 0 heterocycles. The maximum atomic E-state index is 9.51. The van der Waals surface area contributed by atoms with Crippen molar-refractivity contribution in [1.82, 2.24) is 0 Å². The molecular formula is C8H19NO2. The summed E-state index contributed by atoms with van der Waals surface area (Å²) in [4.78, 5) is 0. The van der Waals surface area contributed by atoms with Crippen LogP contribution in [0.5, 0.6) is 0 Å². The minimum absolute atomic E-state index is 0.401. The fraction of sp³-hybridized carbons (Fsp3) is 1.00. The highest BCUT2D eigenvalue weighted by molar-refractivity contribution is 4.60. The predicted octanol–water partition coefficient (Wildman–Crippen LogP) is 1.21. The molecule has 68 valence electrons. The van der Waals surface area contributed by atoms with Gasteiger partial charge >= 0.3 is 0 Å². The van der Waals surface area contributed by atoms with Crippen LogP contribution in [-0.4, -0.2) is 17.1 Å². The minimum atomic E-state index is -1.05. The average Bonchev–Trinajstić information content (AvgIpc) is 1.81. The summed E-state index contributed by atoms with van der Waals surface area (Å²) in [5.74, 6) is -1.05. The Hall–Kier alpha value is -0.120. The molecule has 0 saturated heterocycles. The molecule has 0 aliphatic rings. The number of aliphatic hydroxyl groups is 1. The lowest BCUT2D eigenvalue weighted by Crippen LogP contribution is -2.36. The molecule has 3 N–H and O–H groups in total. The molecule has 0 fully saturated rings. The summed E-state index contributed by atoms with van der Waals surface area (Å²) < 4.78 is 5.07. The van der Waals surface area contributed by atoms with Crippen LogP contribution in [0.3, 0.4) is 0 Å². The highest BCUT2D eigenvalue weighted by Crippen LogP contribution is 2.15. The highest BCUT2D eigenvalue weighted by atomic mass is 16.6. The molecule has 0 aromatic heterocycles. The second-order valence-corrected chi connectivity index (χ2v) is 3.10. The van der Waals surface area contributed by atoms with E-state index in [1.165, 1.54) is 0 Å². The molecule has 0 radical (unpaired) electrons. The molecule has 0 aliphatic heterocycles. The first-order valence-corrected chi connectivity index (χ1v) is 4.13. The van der Waals surface area contributed by atoms with Crippen molar-refractivity contribution in [3.63, 3.8) is 0 Å². The van der Waals surface area contributed by atoms with Crippen LogP contribution in [0.1, 0.15) is 40.0 Å². The molecule has 0 saturated carbocycles. The summed E-state index contributed by atoms with van der Waals surface area (Å²) >= 11 is 0. The standard InChI is InChI=1S/C8H19NO2/c1-4-5-6-8(3,10)11-7(2)9/h7,10H,4-6,9H2,1-3H3. The van der Waals surface area contributed by atoms with Crippen molar-refractivity contribution in [2.45, 2.75) is 52.0 Å². The van der Waals surface area contributed by atoms with Gasteiger partial charge in [-0.2, -0.15) is 0 Å². The molecule has 0 spiro atoms. The summed E-state index contributed by atoms with van der Waals surface area (Å²) in [5.41, 5.74) is 5.37. The van der Waals surface area contributed by atoms with Crippen LogP contribution in [0.25, 0.3) is 0 Å². The Kier molecular flexibility index (Phi) is 4.65. The van der Waals surface area contributed by atoms with E-state index in [1.54, 1.807) is 13.8 Å². The Morgan fingerprint density at radius 2 is 2.18 bits per heavy atom. The van der Waals surface area contributed by atoms with Crippen LogP contribution < -0.4 is 5.73 Å². The van der Waals surface area contributed by atoms with Crippen molar-refractivity contribution >= 4 is 0 Å². The number of unbranched alkanes of at least 4 members (excludes halogenated alkanes) is 1. The van der Waals surface area contributed by atoms with Gasteiger partial charge in [-0.05, 0) is 20.3 Å². The van der Waals surface area contributed by atoms with Gasteiger partial charge < -0.3 is 15.6 Å². The molecule has 0 amide bonds. The Morgan fingerprint density at radius 3 is 2.55 bits per heavy atom. The lowest BCUT2D eigenvalue weighted by molar-refractivity contribution is -0.217. The molecule has 0 aromatic rings. The van der Waals surface area contributed by atoms with Gasteiger partial charge in [-0.25, -0.2) is 0 Å². The van der Waals surface area contributed by atoms with Crippen molar-refractivity contribution in [2.24, 2.45) is 5.73 Å². The molecule has 0 bridgehead atoms. The van der Waals surface area contributed by atoms with Crippen LogP contribution in [0.4, 0.5) is 0 Å². The zero-order chi connectivity index (χ0) is 8.91. The van der Waals surface area contributed by atoms with E-state index in [9.17, 15) is 5.11 Å². The van der Waals surface area contributed by atoms with Crippen molar-refractivity contribution < 1.29 is 9.84 Å². The first-order valence-electron chi connectivity index (χ1n) is 4.13. The molecule has 2 unspecified atom stereocenters. The normalized spacial score (nSPS) is 19.4. The van der Waals surface area contributed by atoms with Gasteiger partial charge in [-0.1, -0.05) is 13.3 Å². The summed E-state index contributed by atoms with van der Waals surface area (Å²) in [7, 11) is 0. The van der Waals surface area contributed by atoms with Gasteiger partial charge in [0.05, 0.1) is 0 Å². The van der Waals surface area contributed by atoms with Crippen LogP contribution in [0.2, 0.25) is 0 Å².